The molecule has 0 aromatic heterocycles. The fourth-order valence-corrected chi connectivity index (χ4v) is 2.52. The Bertz CT molecular complexity index is 287. The molecule has 1 amide bonds. The smallest absolute Gasteiger partial charge is 0.249 e. The summed E-state index contributed by atoms with van der Waals surface area (Å²) in [7, 11) is 1.56. The molecule has 0 bridgehead atoms. The lowest BCUT2D eigenvalue weighted by Gasteiger charge is -2.42. The molecule has 1 saturated carbocycles. The molecule has 1 fully saturated rings. The maximum absolute atomic E-state index is 11.6. The van der Waals surface area contributed by atoms with Crippen LogP contribution in [0.1, 0.15) is 26.7 Å². The molecule has 0 aliphatic heterocycles. The number of nitrogens with one attached hydrogen (secondary N) is 1. The van der Waals surface area contributed by atoms with E-state index in [9.17, 15) is 15.0 Å². The molecule has 0 saturated heterocycles. The van der Waals surface area contributed by atoms with Crippen molar-refractivity contribution in [1.82, 2.24) is 5.32 Å². The van der Waals surface area contributed by atoms with Crippen LogP contribution in [-0.2, 0) is 9.53 Å². The number of aliphatic hydroxyl groups is 2. The molecule has 1 aliphatic rings. The van der Waals surface area contributed by atoms with E-state index in [0.29, 0.717) is 12.8 Å². The van der Waals surface area contributed by atoms with Crippen molar-refractivity contribution in [3.63, 3.8) is 0 Å². The van der Waals surface area contributed by atoms with E-state index in [-0.39, 0.29) is 18.1 Å². The van der Waals surface area contributed by atoms with Crippen LogP contribution >= 0.6 is 0 Å². The Hall–Kier alpha value is -0.690. The molecule has 6 nitrogen and oxygen atoms in total. The topological polar surface area (TPSA) is 105 Å². The van der Waals surface area contributed by atoms with Gasteiger partial charge in [0.25, 0.3) is 0 Å². The molecule has 0 heterocycles. The number of hydrogen-bond donors (Lipinski definition) is 4. The van der Waals surface area contributed by atoms with E-state index in [2.05, 4.69) is 5.32 Å². The first-order valence-corrected chi connectivity index (χ1v) is 6.37. The van der Waals surface area contributed by atoms with Gasteiger partial charge in [-0.3, -0.25) is 4.79 Å². The van der Waals surface area contributed by atoms with Gasteiger partial charge in [-0.2, -0.15) is 0 Å². The minimum atomic E-state index is -1.04. The summed E-state index contributed by atoms with van der Waals surface area (Å²) in [6.45, 7) is 3.56. The highest BCUT2D eigenvalue weighted by Gasteiger charge is 2.41. The van der Waals surface area contributed by atoms with Gasteiger partial charge in [0.1, 0.15) is 6.10 Å². The average molecular weight is 260 g/mol. The largest absolute Gasteiger partial charge is 0.391 e. The summed E-state index contributed by atoms with van der Waals surface area (Å²) in [5.41, 5.74) is 5.97. The number of methoxy groups -OCH3 is 1. The van der Waals surface area contributed by atoms with E-state index in [1.54, 1.807) is 14.0 Å². The molecule has 0 aromatic carbocycles. The van der Waals surface area contributed by atoms with Gasteiger partial charge in [-0.25, -0.2) is 0 Å². The molecule has 6 heteroatoms. The summed E-state index contributed by atoms with van der Waals surface area (Å²) in [5.74, 6) is -0.625. The molecular weight excluding hydrogens is 236 g/mol. The zero-order chi connectivity index (χ0) is 13.9. The van der Waals surface area contributed by atoms with Gasteiger partial charge in [0.2, 0.25) is 5.91 Å². The predicted octanol–water partition coefficient (Wildman–Crippen LogP) is -1.01. The van der Waals surface area contributed by atoms with Crippen molar-refractivity contribution >= 4 is 5.91 Å². The van der Waals surface area contributed by atoms with E-state index in [1.165, 1.54) is 0 Å². The van der Waals surface area contributed by atoms with Gasteiger partial charge in [0, 0.05) is 19.1 Å². The number of ether oxygens (including phenoxy) is 1. The Morgan fingerprint density at radius 1 is 1.61 bits per heavy atom. The van der Waals surface area contributed by atoms with Crippen LogP contribution in [0.3, 0.4) is 0 Å². The SMILES string of the molecule is CCC(O)C(=O)NC1CC(N)C(OC)C(C)C1O. The van der Waals surface area contributed by atoms with E-state index in [0.717, 1.165) is 0 Å². The number of rotatable bonds is 4. The molecule has 5 N–H and O–H groups in total. The number of hydrogen-bond acceptors (Lipinski definition) is 5. The predicted molar refractivity (Wildman–Crippen MR) is 66.8 cm³/mol. The van der Waals surface area contributed by atoms with Crippen LogP contribution < -0.4 is 11.1 Å². The van der Waals surface area contributed by atoms with Crippen LogP contribution in [0.5, 0.6) is 0 Å². The Labute approximate surface area is 108 Å². The van der Waals surface area contributed by atoms with Crippen molar-refractivity contribution in [2.24, 2.45) is 11.7 Å². The van der Waals surface area contributed by atoms with E-state index in [1.807, 2.05) is 6.92 Å². The lowest BCUT2D eigenvalue weighted by Crippen LogP contribution is -2.61. The first kappa shape index (κ1) is 15.4. The van der Waals surface area contributed by atoms with Crippen LogP contribution in [0.4, 0.5) is 0 Å². The third-order valence-electron chi connectivity index (χ3n) is 3.71. The highest BCUT2D eigenvalue weighted by Crippen LogP contribution is 2.26. The third kappa shape index (κ3) is 3.20. The van der Waals surface area contributed by atoms with Crippen LogP contribution in [-0.4, -0.2) is 53.6 Å². The summed E-state index contributed by atoms with van der Waals surface area (Å²) in [6, 6.07) is -0.674. The van der Waals surface area contributed by atoms with Gasteiger partial charge in [-0.1, -0.05) is 13.8 Å². The second-order valence-corrected chi connectivity index (χ2v) is 4.99. The highest BCUT2D eigenvalue weighted by atomic mass is 16.5. The molecule has 6 atom stereocenters. The zero-order valence-corrected chi connectivity index (χ0v) is 11.2. The normalized spacial score (nSPS) is 38.2. The highest BCUT2D eigenvalue weighted by molar-refractivity contribution is 5.80. The summed E-state index contributed by atoms with van der Waals surface area (Å²) in [4.78, 5) is 11.6. The second kappa shape index (κ2) is 6.47. The quantitative estimate of drug-likeness (QED) is 0.518. The lowest BCUT2D eigenvalue weighted by atomic mass is 9.79. The standard InChI is InChI=1S/C12H24N2O4/c1-4-9(15)12(17)14-8-5-7(13)11(18-3)6(2)10(8)16/h6-11,15-16H,4-5,13H2,1-3H3,(H,14,17). The Morgan fingerprint density at radius 3 is 2.72 bits per heavy atom. The Kier molecular flexibility index (Phi) is 5.52. The number of nitrogens with two attached hydrogens (primary N) is 1. The molecule has 0 spiro atoms. The van der Waals surface area contributed by atoms with E-state index in [4.69, 9.17) is 10.5 Å². The Morgan fingerprint density at radius 2 is 2.22 bits per heavy atom. The molecule has 0 aromatic rings. The van der Waals surface area contributed by atoms with Crippen LogP contribution in [0, 0.1) is 5.92 Å². The maximum Gasteiger partial charge on any atom is 0.249 e. The van der Waals surface area contributed by atoms with Crippen molar-refractivity contribution in [2.45, 2.75) is 57.1 Å². The number of carbonyl (C=O) groups excluding carboxylic acids is 1. The minimum absolute atomic E-state index is 0.164. The van der Waals surface area contributed by atoms with Gasteiger partial charge in [0.05, 0.1) is 18.2 Å². The molecule has 106 valence electrons. The minimum Gasteiger partial charge on any atom is -0.391 e. The molecule has 1 aliphatic carbocycles. The van der Waals surface area contributed by atoms with Crippen LogP contribution in [0.2, 0.25) is 0 Å². The maximum atomic E-state index is 11.6. The van der Waals surface area contributed by atoms with Gasteiger partial charge in [0.15, 0.2) is 0 Å². The van der Waals surface area contributed by atoms with Gasteiger partial charge in [-0.15, -0.1) is 0 Å². The monoisotopic (exact) mass is 260 g/mol. The summed E-state index contributed by atoms with van der Waals surface area (Å²) in [5, 5.41) is 22.2. The van der Waals surface area contributed by atoms with Gasteiger partial charge in [-0.05, 0) is 12.8 Å². The lowest BCUT2D eigenvalue weighted by molar-refractivity contribution is -0.133. The molecule has 0 radical (unpaired) electrons. The fraction of sp³-hybridized carbons (Fsp3) is 0.917. The average Bonchev–Trinajstić information content (AvgIpc) is 2.35. The molecular formula is C12H24N2O4. The third-order valence-corrected chi connectivity index (χ3v) is 3.71. The molecule has 1 rings (SSSR count). The van der Waals surface area contributed by atoms with Crippen molar-refractivity contribution in [1.29, 1.82) is 0 Å². The van der Waals surface area contributed by atoms with Gasteiger partial charge >= 0.3 is 0 Å². The molecule has 18 heavy (non-hydrogen) atoms. The summed E-state index contributed by atoms with van der Waals surface area (Å²) >= 11 is 0. The fourth-order valence-electron chi connectivity index (χ4n) is 2.52. The van der Waals surface area contributed by atoms with Crippen LogP contribution in [0.15, 0.2) is 0 Å². The van der Waals surface area contributed by atoms with Crippen molar-refractivity contribution in [2.75, 3.05) is 7.11 Å². The number of amides is 1. The number of carbonyl (C=O) groups is 1. The van der Waals surface area contributed by atoms with E-state index >= 15 is 0 Å². The zero-order valence-electron chi connectivity index (χ0n) is 11.2. The van der Waals surface area contributed by atoms with Crippen LogP contribution in [0.25, 0.3) is 0 Å². The first-order chi connectivity index (χ1) is 8.42. The summed E-state index contributed by atoms with van der Waals surface area (Å²) < 4.78 is 5.26. The second-order valence-electron chi connectivity index (χ2n) is 4.99. The number of aliphatic hydroxyl groups excluding tert-OH is 2. The summed E-state index contributed by atoms with van der Waals surface area (Å²) in [6.07, 6.45) is -1.20. The van der Waals surface area contributed by atoms with Gasteiger partial charge < -0.3 is 26.0 Å². The van der Waals surface area contributed by atoms with Crippen molar-refractivity contribution in [3.8, 4) is 0 Å². The molecule has 6 unspecified atom stereocenters. The van der Waals surface area contributed by atoms with Crippen molar-refractivity contribution < 1.29 is 19.7 Å². The van der Waals surface area contributed by atoms with Crippen molar-refractivity contribution in [3.05, 3.63) is 0 Å². The van der Waals surface area contributed by atoms with E-state index < -0.39 is 24.2 Å². The Balaban J connectivity index is 2.65. The first-order valence-electron chi connectivity index (χ1n) is 6.37.